The summed E-state index contributed by atoms with van der Waals surface area (Å²) in [4.78, 5) is 28.3. The van der Waals surface area contributed by atoms with Gasteiger partial charge in [0.1, 0.15) is 11.7 Å². The van der Waals surface area contributed by atoms with Gasteiger partial charge >= 0.3 is 12.1 Å². The number of nitrogens with one attached hydrogen (secondary N) is 1. The number of benzene rings is 1. The van der Waals surface area contributed by atoms with Crippen LogP contribution in [-0.2, 0) is 9.57 Å². The number of hydrogen-bond donors (Lipinski definition) is 3. The molecule has 0 aromatic heterocycles. The number of alkyl carbamates (subject to hydrolysis) is 1. The Kier molecular flexibility index (Phi) is 7.38. The highest BCUT2D eigenvalue weighted by Crippen LogP contribution is 2.08. The van der Waals surface area contributed by atoms with Crippen molar-refractivity contribution in [2.24, 2.45) is 10.9 Å². The van der Waals surface area contributed by atoms with Crippen LogP contribution in [-0.4, -0.2) is 40.8 Å². The van der Waals surface area contributed by atoms with Crippen LogP contribution in [0.3, 0.4) is 0 Å². The third kappa shape index (κ3) is 7.21. The smallest absolute Gasteiger partial charge is 0.407 e. The first-order valence-corrected chi connectivity index (χ1v) is 7.91. The number of ether oxygens (including phenoxy) is 1. The summed E-state index contributed by atoms with van der Waals surface area (Å²) in [6, 6.07) is 7.49. The van der Waals surface area contributed by atoms with Gasteiger partial charge in [-0.15, -0.1) is 0 Å². The van der Waals surface area contributed by atoms with Crippen molar-refractivity contribution in [3.8, 4) is 0 Å². The molecule has 8 nitrogen and oxygen atoms in total. The zero-order valence-corrected chi connectivity index (χ0v) is 14.9. The van der Waals surface area contributed by atoms with Crippen molar-refractivity contribution in [1.29, 1.82) is 0 Å². The van der Waals surface area contributed by atoms with E-state index in [9.17, 15) is 14.7 Å². The largest absolute Gasteiger partial charge is 0.444 e. The van der Waals surface area contributed by atoms with E-state index in [0.29, 0.717) is 12.0 Å². The summed E-state index contributed by atoms with van der Waals surface area (Å²) in [5, 5.41) is 16.2. The molecule has 2 unspecified atom stereocenters. The number of aliphatic hydroxyl groups is 1. The fraction of sp³-hybridized carbons (Fsp3) is 0.471. The third-order valence-corrected chi connectivity index (χ3v) is 3.07. The summed E-state index contributed by atoms with van der Waals surface area (Å²) in [7, 11) is 0. The molecule has 1 amide bonds. The highest BCUT2D eigenvalue weighted by Gasteiger charge is 2.26. The number of hydrogen-bond acceptors (Lipinski definition) is 6. The maximum absolute atomic E-state index is 11.8. The highest BCUT2D eigenvalue weighted by molar-refractivity contribution is 5.91. The van der Waals surface area contributed by atoms with Crippen LogP contribution in [0.1, 0.15) is 44.5 Å². The van der Waals surface area contributed by atoms with Crippen LogP contribution in [0.2, 0.25) is 0 Å². The predicted molar refractivity (Wildman–Crippen MR) is 92.9 cm³/mol. The molecule has 0 spiro atoms. The molecule has 2 atom stereocenters. The van der Waals surface area contributed by atoms with Gasteiger partial charge in [-0.1, -0.05) is 30.3 Å². The van der Waals surface area contributed by atoms with Gasteiger partial charge in [-0.2, -0.15) is 0 Å². The van der Waals surface area contributed by atoms with Crippen molar-refractivity contribution in [3.63, 3.8) is 0 Å². The molecule has 1 rings (SSSR count). The van der Waals surface area contributed by atoms with Gasteiger partial charge in [0.15, 0.2) is 5.84 Å². The molecule has 138 valence electrons. The van der Waals surface area contributed by atoms with E-state index in [0.717, 1.165) is 0 Å². The first-order valence-electron chi connectivity index (χ1n) is 7.91. The molecule has 0 fully saturated rings. The molecule has 0 aliphatic rings. The summed E-state index contributed by atoms with van der Waals surface area (Å²) in [5.41, 5.74) is 5.28. The minimum absolute atomic E-state index is 0.299. The number of nitrogens with zero attached hydrogens (tertiary/aromatic N) is 1. The number of carbonyl (C=O) groups excluding carboxylic acids is 2. The van der Waals surface area contributed by atoms with Gasteiger partial charge in [0.25, 0.3) is 0 Å². The van der Waals surface area contributed by atoms with E-state index in [2.05, 4.69) is 10.5 Å². The van der Waals surface area contributed by atoms with Crippen molar-refractivity contribution in [2.45, 2.75) is 51.9 Å². The minimum atomic E-state index is -1.33. The van der Waals surface area contributed by atoms with Gasteiger partial charge in [0.2, 0.25) is 0 Å². The minimum Gasteiger partial charge on any atom is -0.444 e. The van der Waals surface area contributed by atoms with Crippen molar-refractivity contribution >= 4 is 17.9 Å². The van der Waals surface area contributed by atoms with Gasteiger partial charge in [0, 0.05) is 0 Å². The number of rotatable bonds is 6. The molecular weight excluding hydrogens is 326 g/mol. The SMILES string of the molecule is CCC(NC(=O)OC(C)(C)C)C(O)C(N)=NOC(=O)c1ccccc1. The quantitative estimate of drug-likeness (QED) is 0.311. The lowest BCUT2D eigenvalue weighted by Gasteiger charge is -2.25. The van der Waals surface area contributed by atoms with E-state index in [1.165, 1.54) is 0 Å². The Morgan fingerprint density at radius 2 is 1.88 bits per heavy atom. The van der Waals surface area contributed by atoms with Crippen molar-refractivity contribution in [3.05, 3.63) is 35.9 Å². The molecule has 0 saturated carbocycles. The third-order valence-electron chi connectivity index (χ3n) is 3.07. The summed E-state index contributed by atoms with van der Waals surface area (Å²) >= 11 is 0. The molecule has 25 heavy (non-hydrogen) atoms. The molecule has 0 saturated heterocycles. The standard InChI is InChI=1S/C17H25N3O5/c1-5-12(19-16(23)24-17(2,3)4)13(21)14(18)20-25-15(22)11-9-7-6-8-10-11/h6-10,12-13,21H,5H2,1-4H3,(H2,18,20)(H,19,23). The Morgan fingerprint density at radius 1 is 1.28 bits per heavy atom. The Hall–Kier alpha value is -2.61. The van der Waals surface area contributed by atoms with E-state index in [4.69, 9.17) is 15.3 Å². The van der Waals surface area contributed by atoms with Crippen LogP contribution in [0, 0.1) is 0 Å². The van der Waals surface area contributed by atoms with Crippen molar-refractivity contribution < 1.29 is 24.3 Å². The molecule has 0 aliphatic carbocycles. The molecule has 0 heterocycles. The lowest BCUT2D eigenvalue weighted by Crippen LogP contribution is -2.50. The number of oxime groups is 1. The second-order valence-corrected chi connectivity index (χ2v) is 6.37. The van der Waals surface area contributed by atoms with Crippen LogP contribution < -0.4 is 11.1 Å². The first-order chi connectivity index (χ1) is 11.6. The summed E-state index contributed by atoms with van der Waals surface area (Å²) in [6.45, 7) is 6.92. The van der Waals surface area contributed by atoms with E-state index in [1.54, 1.807) is 58.0 Å². The molecule has 0 aliphatic heterocycles. The van der Waals surface area contributed by atoms with Crippen LogP contribution in [0.15, 0.2) is 35.5 Å². The fourth-order valence-corrected chi connectivity index (χ4v) is 1.84. The monoisotopic (exact) mass is 351 g/mol. The second-order valence-electron chi connectivity index (χ2n) is 6.37. The Morgan fingerprint density at radius 3 is 2.40 bits per heavy atom. The van der Waals surface area contributed by atoms with Crippen LogP contribution in [0.4, 0.5) is 4.79 Å². The zero-order chi connectivity index (χ0) is 19.0. The van der Waals surface area contributed by atoms with E-state index >= 15 is 0 Å². The van der Waals surface area contributed by atoms with Gasteiger partial charge < -0.3 is 25.7 Å². The summed E-state index contributed by atoms with van der Waals surface area (Å²) in [5.74, 6) is -1.03. The molecule has 0 radical (unpaired) electrons. The molecule has 0 bridgehead atoms. The van der Waals surface area contributed by atoms with Crippen LogP contribution >= 0.6 is 0 Å². The average Bonchev–Trinajstić information content (AvgIpc) is 2.55. The van der Waals surface area contributed by atoms with Gasteiger partial charge in [-0.25, -0.2) is 9.59 Å². The molecule has 8 heteroatoms. The summed E-state index contributed by atoms with van der Waals surface area (Å²) < 4.78 is 5.13. The van der Waals surface area contributed by atoms with Crippen LogP contribution in [0.25, 0.3) is 0 Å². The van der Waals surface area contributed by atoms with Gasteiger partial charge in [-0.05, 0) is 39.3 Å². The molecule has 1 aromatic carbocycles. The Labute approximate surface area is 147 Å². The van der Waals surface area contributed by atoms with Crippen LogP contribution in [0.5, 0.6) is 0 Å². The number of carbonyl (C=O) groups is 2. The number of aliphatic hydroxyl groups excluding tert-OH is 1. The summed E-state index contributed by atoms with van der Waals surface area (Å²) in [6.07, 6.45) is -1.66. The van der Waals surface area contributed by atoms with Crippen molar-refractivity contribution in [1.82, 2.24) is 5.32 Å². The average molecular weight is 351 g/mol. The Balaban J connectivity index is 2.66. The highest BCUT2D eigenvalue weighted by atomic mass is 16.7. The normalized spacial score (nSPS) is 14.4. The maximum Gasteiger partial charge on any atom is 0.407 e. The zero-order valence-electron chi connectivity index (χ0n) is 14.9. The molecule has 4 N–H and O–H groups in total. The number of nitrogens with two attached hydrogens (primary N) is 1. The van der Waals surface area contributed by atoms with E-state index < -0.39 is 29.8 Å². The maximum atomic E-state index is 11.8. The number of amidine groups is 1. The Bertz CT molecular complexity index is 610. The van der Waals surface area contributed by atoms with E-state index in [1.807, 2.05) is 0 Å². The van der Waals surface area contributed by atoms with E-state index in [-0.39, 0.29) is 5.84 Å². The second kappa shape index (κ2) is 9.03. The first kappa shape index (κ1) is 20.4. The fourth-order valence-electron chi connectivity index (χ4n) is 1.84. The molecule has 1 aromatic rings. The van der Waals surface area contributed by atoms with Crippen molar-refractivity contribution in [2.75, 3.05) is 0 Å². The number of amides is 1. The predicted octanol–water partition coefficient (Wildman–Crippen LogP) is 1.78. The molecular formula is C17H25N3O5. The van der Waals surface area contributed by atoms with Gasteiger partial charge in [0.05, 0.1) is 11.6 Å². The lowest BCUT2D eigenvalue weighted by molar-refractivity contribution is 0.0442. The topological polar surface area (TPSA) is 123 Å². The lowest BCUT2D eigenvalue weighted by atomic mass is 10.1. The van der Waals surface area contributed by atoms with Gasteiger partial charge in [-0.3, -0.25) is 0 Å².